The maximum absolute atomic E-state index is 4.07. The first-order valence-electron chi connectivity index (χ1n) is 2.82. The maximum Gasteiger partial charge on any atom is 0.154 e. The lowest BCUT2D eigenvalue weighted by Gasteiger charge is -1.88. The summed E-state index contributed by atoms with van der Waals surface area (Å²) in [7, 11) is 0. The molecular formula is C6H5Br2N3. The van der Waals surface area contributed by atoms with Crippen molar-refractivity contribution in [3.8, 4) is 0 Å². The Morgan fingerprint density at radius 2 is 2.27 bits per heavy atom. The number of hydrogen-bond donors (Lipinski definition) is 0. The van der Waals surface area contributed by atoms with Crippen LogP contribution in [-0.4, -0.2) is 14.6 Å². The topological polar surface area (TPSA) is 30.2 Å². The maximum atomic E-state index is 4.07. The van der Waals surface area contributed by atoms with Gasteiger partial charge in [0.05, 0.1) is 6.20 Å². The van der Waals surface area contributed by atoms with Crippen LogP contribution >= 0.6 is 32.9 Å². The van der Waals surface area contributed by atoms with Crippen LogP contribution in [0.1, 0.15) is 0 Å². The Labute approximate surface area is 82.3 Å². The second-order valence-electron chi connectivity index (χ2n) is 1.87. The fourth-order valence-electron chi connectivity index (χ4n) is 0.800. The van der Waals surface area contributed by atoms with Gasteiger partial charge < -0.3 is 0 Å². The Morgan fingerprint density at radius 1 is 1.45 bits per heavy atom. The summed E-state index contributed by atoms with van der Waals surface area (Å²) < 4.78 is 2.60. The third kappa shape index (κ3) is 1.44. The molecule has 0 aromatic carbocycles. The Bertz CT molecular complexity index is 357. The number of rotatable bonds is 0. The molecule has 0 spiro atoms. The number of hydrogen-bond acceptors (Lipinski definition) is 2. The molecule has 0 N–H and O–H groups in total. The summed E-state index contributed by atoms with van der Waals surface area (Å²) in [5.41, 5.74) is 0.856. The van der Waals surface area contributed by atoms with E-state index in [-0.39, 0.29) is 17.0 Å². The molecule has 11 heavy (non-hydrogen) atoms. The third-order valence-corrected chi connectivity index (χ3v) is 1.78. The summed E-state index contributed by atoms with van der Waals surface area (Å²) >= 11 is 3.30. The van der Waals surface area contributed by atoms with Crippen LogP contribution in [0.15, 0.2) is 29.1 Å². The second kappa shape index (κ2) is 3.32. The highest BCUT2D eigenvalue weighted by molar-refractivity contribution is 9.10. The molecule has 0 bridgehead atoms. The first-order valence-corrected chi connectivity index (χ1v) is 3.61. The van der Waals surface area contributed by atoms with Crippen molar-refractivity contribution in [2.45, 2.75) is 0 Å². The first kappa shape index (κ1) is 8.67. The van der Waals surface area contributed by atoms with Crippen molar-refractivity contribution in [1.29, 1.82) is 0 Å². The Balaban J connectivity index is 0.000000605. The van der Waals surface area contributed by atoms with Crippen molar-refractivity contribution >= 4 is 38.6 Å². The molecule has 0 fully saturated rings. The molecule has 0 radical (unpaired) electrons. The predicted molar refractivity (Wildman–Crippen MR) is 51.0 cm³/mol. The van der Waals surface area contributed by atoms with Gasteiger partial charge in [-0.05, 0) is 28.1 Å². The van der Waals surface area contributed by atoms with Crippen molar-refractivity contribution in [3.05, 3.63) is 29.1 Å². The zero-order valence-corrected chi connectivity index (χ0v) is 8.74. The molecule has 0 aliphatic heterocycles. The highest BCUT2D eigenvalue weighted by Gasteiger charge is 1.96. The van der Waals surface area contributed by atoms with Gasteiger partial charge in [-0.1, -0.05) is 0 Å². The second-order valence-corrected chi connectivity index (χ2v) is 2.69. The van der Waals surface area contributed by atoms with E-state index in [1.165, 1.54) is 0 Å². The van der Waals surface area contributed by atoms with Crippen LogP contribution in [0.3, 0.4) is 0 Å². The van der Waals surface area contributed by atoms with Crippen LogP contribution in [0.2, 0.25) is 0 Å². The summed E-state index contributed by atoms with van der Waals surface area (Å²) in [5, 5.41) is 4.05. The van der Waals surface area contributed by atoms with E-state index in [1.54, 1.807) is 16.9 Å². The minimum Gasteiger partial charge on any atom is -0.234 e. The van der Waals surface area contributed by atoms with Gasteiger partial charge in [-0.25, -0.2) is 9.50 Å². The molecule has 0 saturated heterocycles. The van der Waals surface area contributed by atoms with E-state index in [0.29, 0.717) is 0 Å². The van der Waals surface area contributed by atoms with Crippen molar-refractivity contribution in [3.63, 3.8) is 0 Å². The standard InChI is InChI=1S/C6H4BrN3.BrH/c7-5-4-8-6-2-1-3-9-10(5)6;/h1-4H;1H. The Kier molecular flexibility index (Phi) is 2.62. The van der Waals surface area contributed by atoms with Gasteiger partial charge in [0.2, 0.25) is 0 Å². The van der Waals surface area contributed by atoms with E-state index in [9.17, 15) is 0 Å². The van der Waals surface area contributed by atoms with Gasteiger partial charge in [0.25, 0.3) is 0 Å². The Morgan fingerprint density at radius 3 is 3.00 bits per heavy atom. The number of imidazole rings is 1. The molecule has 0 aliphatic carbocycles. The molecule has 2 rings (SSSR count). The molecule has 3 nitrogen and oxygen atoms in total. The molecule has 2 aromatic rings. The summed E-state index contributed by atoms with van der Waals surface area (Å²) in [5.74, 6) is 0. The normalized spacial score (nSPS) is 9.55. The van der Waals surface area contributed by atoms with Gasteiger partial charge in [-0.2, -0.15) is 5.10 Å². The van der Waals surface area contributed by atoms with Gasteiger partial charge in [0, 0.05) is 6.20 Å². The van der Waals surface area contributed by atoms with Gasteiger partial charge in [-0.15, -0.1) is 17.0 Å². The molecule has 2 heterocycles. The molecule has 0 atom stereocenters. The minimum absolute atomic E-state index is 0. The first-order chi connectivity index (χ1) is 4.88. The van der Waals surface area contributed by atoms with E-state index in [2.05, 4.69) is 26.0 Å². The van der Waals surface area contributed by atoms with E-state index in [4.69, 9.17) is 0 Å². The summed E-state index contributed by atoms with van der Waals surface area (Å²) in [6.07, 6.45) is 3.45. The molecule has 0 saturated carbocycles. The summed E-state index contributed by atoms with van der Waals surface area (Å²) in [6.45, 7) is 0. The zero-order chi connectivity index (χ0) is 6.97. The molecule has 0 unspecified atom stereocenters. The molecule has 58 valence electrons. The Hall–Kier alpha value is -0.420. The molecule has 0 aliphatic rings. The SMILES string of the molecule is Br.Brc1cnc2cccnn12. The van der Waals surface area contributed by atoms with E-state index >= 15 is 0 Å². The van der Waals surface area contributed by atoms with E-state index < -0.39 is 0 Å². The van der Waals surface area contributed by atoms with Crippen LogP contribution in [0.4, 0.5) is 0 Å². The molecule has 2 aromatic heterocycles. The van der Waals surface area contributed by atoms with Crippen molar-refractivity contribution in [1.82, 2.24) is 14.6 Å². The van der Waals surface area contributed by atoms with Crippen molar-refractivity contribution < 1.29 is 0 Å². The average Bonchev–Trinajstić information content (AvgIpc) is 2.34. The fourth-order valence-corrected chi connectivity index (χ4v) is 1.18. The average molecular weight is 279 g/mol. The van der Waals surface area contributed by atoms with Crippen LogP contribution in [0, 0.1) is 0 Å². The van der Waals surface area contributed by atoms with Crippen molar-refractivity contribution in [2.75, 3.05) is 0 Å². The molecule has 5 heteroatoms. The number of aromatic nitrogens is 3. The monoisotopic (exact) mass is 277 g/mol. The largest absolute Gasteiger partial charge is 0.234 e. The van der Waals surface area contributed by atoms with E-state index in [0.717, 1.165) is 10.3 Å². The quantitative estimate of drug-likeness (QED) is 0.739. The zero-order valence-electron chi connectivity index (χ0n) is 5.44. The van der Waals surface area contributed by atoms with Crippen LogP contribution in [0.5, 0.6) is 0 Å². The van der Waals surface area contributed by atoms with Gasteiger partial charge >= 0.3 is 0 Å². The highest BCUT2D eigenvalue weighted by atomic mass is 79.9. The minimum atomic E-state index is 0. The smallest absolute Gasteiger partial charge is 0.154 e. The van der Waals surface area contributed by atoms with Crippen LogP contribution in [0.25, 0.3) is 5.65 Å². The lowest BCUT2D eigenvalue weighted by Crippen LogP contribution is -1.88. The number of halogens is 2. The number of fused-ring (bicyclic) bond motifs is 1. The summed E-state index contributed by atoms with van der Waals surface area (Å²) in [4.78, 5) is 4.07. The van der Waals surface area contributed by atoms with Crippen LogP contribution < -0.4 is 0 Å². The van der Waals surface area contributed by atoms with Crippen molar-refractivity contribution in [2.24, 2.45) is 0 Å². The summed E-state index contributed by atoms with van der Waals surface area (Å²) in [6, 6.07) is 3.76. The van der Waals surface area contributed by atoms with Gasteiger partial charge in [0.15, 0.2) is 5.65 Å². The lowest BCUT2D eigenvalue weighted by molar-refractivity contribution is 0.916. The molecular weight excluding hydrogens is 274 g/mol. The highest BCUT2D eigenvalue weighted by Crippen LogP contribution is 2.09. The molecule has 0 amide bonds. The van der Waals surface area contributed by atoms with Gasteiger partial charge in [-0.3, -0.25) is 0 Å². The van der Waals surface area contributed by atoms with Crippen LogP contribution in [-0.2, 0) is 0 Å². The predicted octanol–water partition coefficient (Wildman–Crippen LogP) is 2.07. The fraction of sp³-hybridized carbons (Fsp3) is 0. The van der Waals surface area contributed by atoms with Gasteiger partial charge in [0.1, 0.15) is 4.60 Å². The lowest BCUT2D eigenvalue weighted by atomic mass is 10.6. The van der Waals surface area contributed by atoms with E-state index in [1.807, 2.05) is 12.1 Å². The number of nitrogens with zero attached hydrogens (tertiary/aromatic N) is 3. The third-order valence-electron chi connectivity index (χ3n) is 1.24.